The molecule has 174 valence electrons. The van der Waals surface area contributed by atoms with E-state index in [9.17, 15) is 9.90 Å². The highest BCUT2D eigenvalue weighted by atomic mass is 35.5. The number of anilines is 1. The van der Waals surface area contributed by atoms with Gasteiger partial charge < -0.3 is 20.3 Å². The summed E-state index contributed by atoms with van der Waals surface area (Å²) in [5.74, 6) is 0.576. The van der Waals surface area contributed by atoms with Crippen LogP contribution in [0.25, 0.3) is 22.2 Å². The predicted molar refractivity (Wildman–Crippen MR) is 130 cm³/mol. The van der Waals surface area contributed by atoms with E-state index in [2.05, 4.69) is 38.5 Å². The van der Waals surface area contributed by atoms with E-state index in [0.29, 0.717) is 23.1 Å². The quantitative estimate of drug-likeness (QED) is 0.520. The first-order valence-corrected chi connectivity index (χ1v) is 12.2. The molecular formula is C25H30ClN5O2. The van der Waals surface area contributed by atoms with E-state index >= 15 is 0 Å². The molecule has 1 aromatic carbocycles. The first-order valence-electron chi connectivity index (χ1n) is 11.8. The third-order valence-corrected chi connectivity index (χ3v) is 7.30. The van der Waals surface area contributed by atoms with Crippen LogP contribution in [0.4, 0.5) is 5.95 Å². The van der Waals surface area contributed by atoms with Crippen LogP contribution in [0.3, 0.4) is 0 Å². The van der Waals surface area contributed by atoms with Gasteiger partial charge in [-0.3, -0.25) is 4.79 Å². The van der Waals surface area contributed by atoms with Gasteiger partial charge in [0.25, 0.3) is 0 Å². The van der Waals surface area contributed by atoms with Crippen LogP contribution in [-0.2, 0) is 11.8 Å². The zero-order valence-corrected chi connectivity index (χ0v) is 19.6. The molecule has 8 heteroatoms. The van der Waals surface area contributed by atoms with E-state index in [1.807, 2.05) is 19.2 Å². The summed E-state index contributed by atoms with van der Waals surface area (Å²) in [5.41, 5.74) is 2.82. The number of carbonyl (C=O) groups is 1. The molecule has 0 saturated heterocycles. The number of aryl methyl sites for hydroxylation is 1. The SMILES string of the molecule is Cn1cc(-c2nc(N[C@@H]3CCC[C@H](NC(=O)[C@H]4CC[C@H](O)C4)C3)ncc2Cl)c2ccccc21. The summed E-state index contributed by atoms with van der Waals surface area (Å²) in [6.45, 7) is 0. The molecule has 3 N–H and O–H groups in total. The minimum atomic E-state index is -0.334. The van der Waals surface area contributed by atoms with Crippen LogP contribution in [0.1, 0.15) is 44.9 Å². The number of fused-ring (bicyclic) bond motifs is 1. The number of aliphatic hydroxyl groups excluding tert-OH is 1. The molecule has 2 aliphatic carbocycles. The number of hydrogen-bond acceptors (Lipinski definition) is 5. The van der Waals surface area contributed by atoms with E-state index < -0.39 is 0 Å². The van der Waals surface area contributed by atoms with E-state index in [4.69, 9.17) is 16.6 Å². The Morgan fingerprint density at radius 3 is 2.79 bits per heavy atom. The van der Waals surface area contributed by atoms with Crippen LogP contribution in [-0.4, -0.2) is 43.7 Å². The van der Waals surface area contributed by atoms with Crippen LogP contribution in [0.15, 0.2) is 36.7 Å². The second-order valence-electron chi connectivity index (χ2n) is 9.44. The van der Waals surface area contributed by atoms with Crippen molar-refractivity contribution in [1.29, 1.82) is 0 Å². The van der Waals surface area contributed by atoms with Crippen LogP contribution in [0.2, 0.25) is 5.02 Å². The largest absolute Gasteiger partial charge is 0.393 e. The second kappa shape index (κ2) is 9.31. The Labute approximate surface area is 198 Å². The molecule has 33 heavy (non-hydrogen) atoms. The van der Waals surface area contributed by atoms with Gasteiger partial charge in [0, 0.05) is 47.7 Å². The van der Waals surface area contributed by atoms with Crippen molar-refractivity contribution in [3.8, 4) is 11.3 Å². The molecule has 4 atom stereocenters. The average molecular weight is 468 g/mol. The lowest BCUT2D eigenvalue weighted by molar-refractivity contribution is -0.126. The Morgan fingerprint density at radius 2 is 1.97 bits per heavy atom. The van der Waals surface area contributed by atoms with Gasteiger partial charge in [0.05, 0.1) is 23.0 Å². The molecular weight excluding hydrogens is 438 g/mol. The Bertz CT molecular complexity index is 1160. The molecule has 0 aliphatic heterocycles. The Hall–Kier alpha value is -2.64. The maximum atomic E-state index is 12.6. The van der Waals surface area contributed by atoms with Crippen LogP contribution >= 0.6 is 11.6 Å². The summed E-state index contributed by atoms with van der Waals surface area (Å²) in [4.78, 5) is 21.8. The summed E-state index contributed by atoms with van der Waals surface area (Å²) >= 11 is 6.51. The Balaban J connectivity index is 1.29. The zero-order chi connectivity index (χ0) is 22.9. The summed E-state index contributed by atoms with van der Waals surface area (Å²) in [7, 11) is 2.02. The van der Waals surface area contributed by atoms with Gasteiger partial charge in [0.15, 0.2) is 0 Å². The van der Waals surface area contributed by atoms with E-state index in [-0.39, 0.29) is 30.0 Å². The van der Waals surface area contributed by atoms with Crippen molar-refractivity contribution in [1.82, 2.24) is 19.9 Å². The fourth-order valence-electron chi connectivity index (χ4n) is 5.31. The molecule has 3 aromatic rings. The van der Waals surface area contributed by atoms with E-state index in [1.165, 1.54) is 0 Å². The first kappa shape index (κ1) is 22.2. The monoisotopic (exact) mass is 467 g/mol. The molecule has 0 bridgehead atoms. The Morgan fingerprint density at radius 1 is 1.15 bits per heavy atom. The fourth-order valence-corrected chi connectivity index (χ4v) is 5.50. The van der Waals surface area contributed by atoms with Crippen molar-refractivity contribution in [2.24, 2.45) is 13.0 Å². The number of benzene rings is 1. The van der Waals surface area contributed by atoms with Gasteiger partial charge in [-0.25, -0.2) is 9.97 Å². The molecule has 7 nitrogen and oxygen atoms in total. The number of halogens is 1. The summed E-state index contributed by atoms with van der Waals surface area (Å²) in [5, 5.41) is 18.0. The lowest BCUT2D eigenvalue weighted by atomic mass is 9.90. The van der Waals surface area contributed by atoms with Crippen molar-refractivity contribution in [3.05, 3.63) is 41.7 Å². The highest BCUT2D eigenvalue weighted by Gasteiger charge is 2.31. The first-order chi connectivity index (χ1) is 16.0. The number of aromatic nitrogens is 3. The maximum Gasteiger partial charge on any atom is 0.223 e. The summed E-state index contributed by atoms with van der Waals surface area (Å²) in [6, 6.07) is 8.51. The van der Waals surface area contributed by atoms with Gasteiger partial charge in [-0.05, 0) is 51.0 Å². The van der Waals surface area contributed by atoms with Crippen molar-refractivity contribution < 1.29 is 9.90 Å². The average Bonchev–Trinajstić information content (AvgIpc) is 3.39. The van der Waals surface area contributed by atoms with Gasteiger partial charge in [-0.2, -0.15) is 0 Å². The highest BCUT2D eigenvalue weighted by molar-refractivity contribution is 6.33. The predicted octanol–water partition coefficient (Wildman–Crippen LogP) is 4.29. The number of nitrogens with zero attached hydrogens (tertiary/aromatic N) is 3. The number of aliphatic hydroxyl groups is 1. The van der Waals surface area contributed by atoms with Crippen molar-refractivity contribution in [2.75, 3.05) is 5.32 Å². The molecule has 0 unspecified atom stereocenters. The third kappa shape index (κ3) is 4.70. The smallest absolute Gasteiger partial charge is 0.223 e. The second-order valence-corrected chi connectivity index (χ2v) is 9.85. The van der Waals surface area contributed by atoms with Crippen LogP contribution in [0.5, 0.6) is 0 Å². The van der Waals surface area contributed by atoms with Gasteiger partial charge in [-0.1, -0.05) is 29.8 Å². The fraction of sp³-hybridized carbons (Fsp3) is 0.480. The van der Waals surface area contributed by atoms with Gasteiger partial charge in [0.2, 0.25) is 11.9 Å². The zero-order valence-electron chi connectivity index (χ0n) is 18.8. The number of carbonyl (C=O) groups excluding carboxylic acids is 1. The maximum absolute atomic E-state index is 12.6. The van der Waals surface area contributed by atoms with Gasteiger partial charge in [-0.15, -0.1) is 0 Å². The normalized spacial score (nSPS) is 25.3. The van der Waals surface area contributed by atoms with Gasteiger partial charge in [0.1, 0.15) is 0 Å². The lowest BCUT2D eigenvalue weighted by Crippen LogP contribution is -2.44. The molecule has 0 spiro atoms. The standard InChI is InChI=1S/C25H30ClN5O2/c1-31-14-20(19-7-2-3-8-22(19)31)23-21(26)13-27-25(30-23)29-17-6-4-5-16(12-17)28-24(33)15-9-10-18(32)11-15/h2-3,7-8,13-18,32H,4-6,9-12H2,1H3,(H,28,33)(H,27,29,30)/t15-,16-,17+,18-/m0/s1. The molecule has 0 radical (unpaired) electrons. The number of nitrogens with one attached hydrogen (secondary N) is 2. The molecule has 2 saturated carbocycles. The molecule has 2 aliphatic rings. The molecule has 1 amide bonds. The summed E-state index contributed by atoms with van der Waals surface area (Å²) in [6.07, 6.45) is 9.28. The van der Waals surface area contributed by atoms with Crippen molar-refractivity contribution >= 4 is 34.4 Å². The molecule has 5 rings (SSSR count). The minimum absolute atomic E-state index is 0.0591. The molecule has 2 fully saturated rings. The van der Waals surface area contributed by atoms with Crippen LogP contribution in [0, 0.1) is 5.92 Å². The van der Waals surface area contributed by atoms with Crippen molar-refractivity contribution in [3.63, 3.8) is 0 Å². The topological polar surface area (TPSA) is 92.1 Å². The minimum Gasteiger partial charge on any atom is -0.393 e. The molecule has 2 aromatic heterocycles. The van der Waals surface area contributed by atoms with Crippen LogP contribution < -0.4 is 10.6 Å². The highest BCUT2D eigenvalue weighted by Crippen LogP contribution is 2.34. The van der Waals surface area contributed by atoms with E-state index in [0.717, 1.165) is 55.0 Å². The van der Waals surface area contributed by atoms with E-state index in [1.54, 1.807) is 6.20 Å². The number of hydrogen-bond donors (Lipinski definition) is 3. The number of rotatable bonds is 5. The Kier molecular flexibility index (Phi) is 6.25. The lowest BCUT2D eigenvalue weighted by Gasteiger charge is -2.31. The van der Waals surface area contributed by atoms with Gasteiger partial charge >= 0.3 is 0 Å². The van der Waals surface area contributed by atoms with Crippen molar-refractivity contribution in [2.45, 2.75) is 63.1 Å². The third-order valence-electron chi connectivity index (χ3n) is 7.03. The summed E-state index contributed by atoms with van der Waals surface area (Å²) < 4.78 is 2.08. The number of para-hydroxylation sites is 1. The molecule has 2 heterocycles. The number of amides is 1.